The fourth-order valence-electron chi connectivity index (χ4n) is 1.52. The van der Waals surface area contributed by atoms with E-state index in [4.69, 9.17) is 21.1 Å². The number of hydrogen-bond donors (Lipinski definition) is 1. The molecule has 0 spiro atoms. The molecule has 0 heterocycles. The molecule has 4 nitrogen and oxygen atoms in total. The van der Waals surface area contributed by atoms with Crippen LogP contribution in [0.15, 0.2) is 24.3 Å². The van der Waals surface area contributed by atoms with Crippen molar-refractivity contribution in [2.45, 2.75) is 32.8 Å². The van der Waals surface area contributed by atoms with Crippen molar-refractivity contribution in [1.29, 1.82) is 0 Å². The zero-order valence-electron chi connectivity index (χ0n) is 12.0. The van der Waals surface area contributed by atoms with E-state index in [2.05, 4.69) is 5.32 Å². The third-order valence-corrected chi connectivity index (χ3v) is 2.83. The minimum atomic E-state index is -0.0263. The van der Waals surface area contributed by atoms with E-state index in [1.165, 1.54) is 0 Å². The normalized spacial score (nSPS) is 10.6. The van der Waals surface area contributed by atoms with Crippen LogP contribution in [-0.2, 0) is 9.53 Å². The Morgan fingerprint density at radius 1 is 1.30 bits per heavy atom. The lowest BCUT2D eigenvalue weighted by molar-refractivity contribution is -0.121. The number of halogens is 1. The molecule has 0 saturated carbocycles. The number of carbonyl (C=O) groups excluding carboxylic acids is 1. The number of hydrogen-bond acceptors (Lipinski definition) is 3. The minimum absolute atomic E-state index is 0.0263. The van der Waals surface area contributed by atoms with Crippen LogP contribution in [0, 0.1) is 0 Å². The van der Waals surface area contributed by atoms with E-state index in [0.717, 1.165) is 6.42 Å². The lowest BCUT2D eigenvalue weighted by atomic mass is 10.3. The first-order valence-corrected chi connectivity index (χ1v) is 7.23. The van der Waals surface area contributed by atoms with E-state index < -0.39 is 0 Å². The summed E-state index contributed by atoms with van der Waals surface area (Å²) < 4.78 is 10.8. The van der Waals surface area contributed by atoms with Gasteiger partial charge in [-0.2, -0.15) is 0 Å². The van der Waals surface area contributed by atoms with Gasteiger partial charge in [-0.3, -0.25) is 4.79 Å². The maximum atomic E-state index is 11.6. The second-order valence-electron chi connectivity index (χ2n) is 4.65. The third kappa shape index (κ3) is 7.36. The second-order valence-corrected chi connectivity index (χ2v) is 5.06. The fraction of sp³-hybridized carbons (Fsp3) is 0.533. The standard InChI is InChI=1S/C15H22ClNO3/c1-12(2)19-10-5-9-17-15(18)8-11-20-14-7-4-3-6-13(14)16/h3-4,6-7,12H,5,8-11H2,1-2H3,(H,17,18). The topological polar surface area (TPSA) is 47.6 Å². The number of rotatable bonds is 9. The molecule has 5 heteroatoms. The van der Waals surface area contributed by atoms with Crippen LogP contribution in [-0.4, -0.2) is 31.8 Å². The van der Waals surface area contributed by atoms with Crippen molar-refractivity contribution in [3.63, 3.8) is 0 Å². The van der Waals surface area contributed by atoms with Crippen LogP contribution < -0.4 is 10.1 Å². The van der Waals surface area contributed by atoms with Gasteiger partial charge < -0.3 is 14.8 Å². The molecule has 1 aromatic rings. The zero-order valence-corrected chi connectivity index (χ0v) is 12.8. The predicted molar refractivity (Wildman–Crippen MR) is 80.3 cm³/mol. The van der Waals surface area contributed by atoms with Crippen LogP contribution in [0.1, 0.15) is 26.7 Å². The van der Waals surface area contributed by atoms with Crippen molar-refractivity contribution < 1.29 is 14.3 Å². The molecular formula is C15H22ClNO3. The Kier molecular flexibility index (Phi) is 8.07. The number of benzene rings is 1. The van der Waals surface area contributed by atoms with Crippen LogP contribution in [0.4, 0.5) is 0 Å². The van der Waals surface area contributed by atoms with Gasteiger partial charge in [0, 0.05) is 13.2 Å². The summed E-state index contributed by atoms with van der Waals surface area (Å²) >= 11 is 5.94. The van der Waals surface area contributed by atoms with Crippen molar-refractivity contribution >= 4 is 17.5 Å². The number of carbonyl (C=O) groups is 1. The number of para-hydroxylation sites is 1. The van der Waals surface area contributed by atoms with Crippen molar-refractivity contribution in [2.75, 3.05) is 19.8 Å². The Labute approximate surface area is 125 Å². The SMILES string of the molecule is CC(C)OCCCNC(=O)CCOc1ccccc1Cl. The summed E-state index contributed by atoms with van der Waals surface area (Å²) in [7, 11) is 0. The molecule has 0 radical (unpaired) electrons. The Morgan fingerprint density at radius 3 is 2.75 bits per heavy atom. The lowest BCUT2D eigenvalue weighted by Crippen LogP contribution is -2.26. The number of nitrogens with one attached hydrogen (secondary N) is 1. The van der Waals surface area contributed by atoms with Gasteiger partial charge in [0.05, 0.1) is 24.2 Å². The highest BCUT2D eigenvalue weighted by molar-refractivity contribution is 6.32. The first-order chi connectivity index (χ1) is 9.59. The molecule has 1 aromatic carbocycles. The second kappa shape index (κ2) is 9.61. The Bertz CT molecular complexity index is 410. The van der Waals surface area contributed by atoms with E-state index in [0.29, 0.717) is 37.0 Å². The van der Waals surface area contributed by atoms with E-state index in [1.54, 1.807) is 12.1 Å². The minimum Gasteiger partial charge on any atom is -0.491 e. The molecule has 0 atom stereocenters. The van der Waals surface area contributed by atoms with Gasteiger partial charge in [0.25, 0.3) is 0 Å². The molecule has 1 amide bonds. The highest BCUT2D eigenvalue weighted by Crippen LogP contribution is 2.22. The maximum Gasteiger partial charge on any atom is 0.223 e. The fourth-order valence-corrected chi connectivity index (χ4v) is 1.71. The van der Waals surface area contributed by atoms with Crippen LogP contribution in [0.3, 0.4) is 0 Å². The van der Waals surface area contributed by atoms with Gasteiger partial charge in [-0.1, -0.05) is 23.7 Å². The largest absolute Gasteiger partial charge is 0.491 e. The van der Waals surface area contributed by atoms with Crippen LogP contribution in [0.2, 0.25) is 5.02 Å². The molecule has 0 fully saturated rings. The average molecular weight is 300 g/mol. The Balaban J connectivity index is 2.07. The van der Waals surface area contributed by atoms with Crippen molar-refractivity contribution in [1.82, 2.24) is 5.32 Å². The predicted octanol–water partition coefficient (Wildman–Crippen LogP) is 3.04. The molecule has 0 bridgehead atoms. The molecule has 20 heavy (non-hydrogen) atoms. The monoisotopic (exact) mass is 299 g/mol. The van der Waals surface area contributed by atoms with E-state index >= 15 is 0 Å². The smallest absolute Gasteiger partial charge is 0.223 e. The van der Waals surface area contributed by atoms with Gasteiger partial charge in [0.15, 0.2) is 0 Å². The van der Waals surface area contributed by atoms with Gasteiger partial charge in [0.1, 0.15) is 5.75 Å². The van der Waals surface area contributed by atoms with Crippen LogP contribution >= 0.6 is 11.6 Å². The molecule has 1 N–H and O–H groups in total. The third-order valence-electron chi connectivity index (χ3n) is 2.52. The molecule has 112 valence electrons. The molecule has 1 rings (SSSR count). The van der Waals surface area contributed by atoms with E-state index in [1.807, 2.05) is 26.0 Å². The van der Waals surface area contributed by atoms with Gasteiger partial charge >= 0.3 is 0 Å². The molecule has 0 aliphatic carbocycles. The highest BCUT2D eigenvalue weighted by Gasteiger charge is 2.03. The summed E-state index contributed by atoms with van der Waals surface area (Å²) in [6.07, 6.45) is 1.36. The molecular weight excluding hydrogens is 278 g/mol. The average Bonchev–Trinajstić information content (AvgIpc) is 2.40. The molecule has 0 aliphatic heterocycles. The molecule has 0 aliphatic rings. The van der Waals surface area contributed by atoms with Crippen molar-refractivity contribution in [3.8, 4) is 5.75 Å². The van der Waals surface area contributed by atoms with Crippen LogP contribution in [0.25, 0.3) is 0 Å². The van der Waals surface area contributed by atoms with Crippen LogP contribution in [0.5, 0.6) is 5.75 Å². The lowest BCUT2D eigenvalue weighted by Gasteiger charge is -2.09. The first-order valence-electron chi connectivity index (χ1n) is 6.85. The summed E-state index contributed by atoms with van der Waals surface area (Å²) in [6.45, 7) is 5.58. The summed E-state index contributed by atoms with van der Waals surface area (Å²) in [5.41, 5.74) is 0. The first kappa shape index (κ1) is 16.8. The van der Waals surface area contributed by atoms with Gasteiger partial charge in [0.2, 0.25) is 5.91 Å². The van der Waals surface area contributed by atoms with E-state index in [-0.39, 0.29) is 12.0 Å². The van der Waals surface area contributed by atoms with Crippen molar-refractivity contribution in [2.24, 2.45) is 0 Å². The van der Waals surface area contributed by atoms with Gasteiger partial charge in [-0.05, 0) is 32.4 Å². The molecule has 0 unspecified atom stereocenters. The maximum absolute atomic E-state index is 11.6. The summed E-state index contributed by atoms with van der Waals surface area (Å²) in [6, 6.07) is 7.21. The quantitative estimate of drug-likeness (QED) is 0.713. The van der Waals surface area contributed by atoms with Gasteiger partial charge in [-0.25, -0.2) is 0 Å². The van der Waals surface area contributed by atoms with Crippen molar-refractivity contribution in [3.05, 3.63) is 29.3 Å². The Morgan fingerprint density at radius 2 is 2.05 bits per heavy atom. The highest BCUT2D eigenvalue weighted by atomic mass is 35.5. The molecule has 0 saturated heterocycles. The zero-order chi connectivity index (χ0) is 14.8. The summed E-state index contributed by atoms with van der Waals surface area (Å²) in [5, 5.41) is 3.38. The molecule has 0 aromatic heterocycles. The Hall–Kier alpha value is -1.26. The van der Waals surface area contributed by atoms with Gasteiger partial charge in [-0.15, -0.1) is 0 Å². The number of ether oxygens (including phenoxy) is 2. The summed E-state index contributed by atoms with van der Waals surface area (Å²) in [4.78, 5) is 11.6. The number of amides is 1. The van der Waals surface area contributed by atoms with E-state index in [9.17, 15) is 4.79 Å². The summed E-state index contributed by atoms with van der Waals surface area (Å²) in [5.74, 6) is 0.578.